The number of hydrogen-bond donors (Lipinski definition) is 3. The average molecular weight is 306 g/mol. The van der Waals surface area contributed by atoms with E-state index >= 15 is 0 Å². The Labute approximate surface area is 134 Å². The van der Waals surface area contributed by atoms with Crippen molar-refractivity contribution < 1.29 is 0 Å². The van der Waals surface area contributed by atoms with Crippen LogP contribution in [0, 0.1) is 0 Å². The predicted octanol–water partition coefficient (Wildman–Crippen LogP) is 2.31. The molecule has 1 aliphatic rings. The SMILES string of the molecule is CC(C)(C)Nc1cc(NC(C)(C)C)nc(N2CCNCC2)n1. The van der Waals surface area contributed by atoms with E-state index in [0.29, 0.717) is 0 Å². The molecule has 1 aromatic heterocycles. The van der Waals surface area contributed by atoms with E-state index in [0.717, 1.165) is 43.8 Å². The van der Waals surface area contributed by atoms with Gasteiger partial charge in [-0.2, -0.15) is 9.97 Å². The van der Waals surface area contributed by atoms with Crippen molar-refractivity contribution in [2.75, 3.05) is 41.7 Å². The van der Waals surface area contributed by atoms with E-state index in [1.807, 2.05) is 6.07 Å². The van der Waals surface area contributed by atoms with Gasteiger partial charge in [0, 0.05) is 43.3 Å². The number of nitrogens with one attached hydrogen (secondary N) is 3. The molecule has 0 radical (unpaired) electrons. The molecule has 1 saturated heterocycles. The minimum Gasteiger partial charge on any atom is -0.365 e. The van der Waals surface area contributed by atoms with Gasteiger partial charge >= 0.3 is 0 Å². The van der Waals surface area contributed by atoms with Gasteiger partial charge in [0.2, 0.25) is 5.95 Å². The van der Waals surface area contributed by atoms with E-state index in [1.165, 1.54) is 0 Å². The first-order chi connectivity index (χ1) is 10.1. The molecule has 0 saturated carbocycles. The largest absolute Gasteiger partial charge is 0.365 e. The van der Waals surface area contributed by atoms with Crippen molar-refractivity contribution in [1.82, 2.24) is 15.3 Å². The molecule has 0 aliphatic carbocycles. The minimum atomic E-state index is -0.0337. The normalized spacial score (nSPS) is 16.5. The number of rotatable bonds is 3. The Kier molecular flexibility index (Phi) is 4.80. The van der Waals surface area contributed by atoms with Gasteiger partial charge in [-0.05, 0) is 41.5 Å². The molecule has 1 aromatic rings. The second kappa shape index (κ2) is 6.28. The van der Waals surface area contributed by atoms with Gasteiger partial charge in [0.15, 0.2) is 0 Å². The maximum absolute atomic E-state index is 4.71. The molecular weight excluding hydrogens is 276 g/mol. The van der Waals surface area contributed by atoms with Crippen LogP contribution in [0.5, 0.6) is 0 Å². The third-order valence-electron chi connectivity index (χ3n) is 3.12. The highest BCUT2D eigenvalue weighted by Gasteiger charge is 2.19. The van der Waals surface area contributed by atoms with Gasteiger partial charge in [-0.15, -0.1) is 0 Å². The van der Waals surface area contributed by atoms with Crippen LogP contribution in [0.2, 0.25) is 0 Å². The zero-order chi connectivity index (χ0) is 16.4. The molecule has 124 valence electrons. The summed E-state index contributed by atoms with van der Waals surface area (Å²) in [5.41, 5.74) is -0.0673. The van der Waals surface area contributed by atoms with Gasteiger partial charge in [0.05, 0.1) is 0 Å². The maximum Gasteiger partial charge on any atom is 0.229 e. The Bertz CT molecular complexity index is 460. The fourth-order valence-corrected chi connectivity index (χ4v) is 2.34. The van der Waals surface area contributed by atoms with E-state index in [2.05, 4.69) is 62.4 Å². The van der Waals surface area contributed by atoms with Crippen LogP contribution in [0.4, 0.5) is 17.6 Å². The van der Waals surface area contributed by atoms with Crippen molar-refractivity contribution in [2.45, 2.75) is 52.6 Å². The minimum absolute atomic E-state index is 0.0337. The van der Waals surface area contributed by atoms with Crippen molar-refractivity contribution in [3.8, 4) is 0 Å². The van der Waals surface area contributed by atoms with Crippen LogP contribution in [0.3, 0.4) is 0 Å². The molecule has 0 atom stereocenters. The van der Waals surface area contributed by atoms with E-state index in [4.69, 9.17) is 9.97 Å². The molecular formula is C16H30N6. The van der Waals surface area contributed by atoms with Crippen molar-refractivity contribution in [2.24, 2.45) is 0 Å². The summed E-state index contributed by atoms with van der Waals surface area (Å²) in [5, 5.41) is 10.3. The van der Waals surface area contributed by atoms with Gasteiger partial charge in [0.25, 0.3) is 0 Å². The molecule has 1 aliphatic heterocycles. The Balaban J connectivity index is 2.30. The van der Waals surface area contributed by atoms with Gasteiger partial charge in [-0.3, -0.25) is 0 Å². The first-order valence-corrected chi connectivity index (χ1v) is 8.03. The van der Waals surface area contributed by atoms with Crippen LogP contribution in [0.15, 0.2) is 6.07 Å². The monoisotopic (exact) mass is 306 g/mol. The average Bonchev–Trinajstić information content (AvgIpc) is 2.35. The highest BCUT2D eigenvalue weighted by molar-refractivity contribution is 5.54. The number of nitrogens with zero attached hydrogens (tertiary/aromatic N) is 3. The lowest BCUT2D eigenvalue weighted by Gasteiger charge is -2.30. The second-order valence-corrected chi connectivity index (χ2v) is 7.93. The van der Waals surface area contributed by atoms with Crippen molar-refractivity contribution in [3.63, 3.8) is 0 Å². The Hall–Kier alpha value is -1.56. The lowest BCUT2D eigenvalue weighted by molar-refractivity contribution is 0.577. The third kappa shape index (κ3) is 5.33. The maximum atomic E-state index is 4.71. The van der Waals surface area contributed by atoms with Gasteiger partial charge in [0.1, 0.15) is 11.6 Å². The van der Waals surface area contributed by atoms with Crippen molar-refractivity contribution in [3.05, 3.63) is 6.07 Å². The first-order valence-electron chi connectivity index (χ1n) is 8.03. The summed E-state index contributed by atoms with van der Waals surface area (Å²) in [6.45, 7) is 16.6. The number of aromatic nitrogens is 2. The van der Waals surface area contributed by atoms with E-state index in [9.17, 15) is 0 Å². The fraction of sp³-hybridized carbons (Fsp3) is 0.750. The molecule has 22 heavy (non-hydrogen) atoms. The van der Waals surface area contributed by atoms with Crippen molar-refractivity contribution in [1.29, 1.82) is 0 Å². The standard InChI is InChI=1S/C16H30N6/c1-15(2,3)20-12-11-13(21-16(4,5)6)19-14(18-12)22-9-7-17-8-10-22/h11,17H,7-10H2,1-6H3,(H2,18,19,20,21). The summed E-state index contributed by atoms with van der Waals surface area (Å²) < 4.78 is 0. The molecule has 6 heteroatoms. The van der Waals surface area contributed by atoms with Crippen LogP contribution >= 0.6 is 0 Å². The topological polar surface area (TPSA) is 65.1 Å². The number of hydrogen-bond acceptors (Lipinski definition) is 6. The molecule has 0 unspecified atom stereocenters. The summed E-state index contributed by atoms with van der Waals surface area (Å²) in [6.07, 6.45) is 0. The molecule has 0 aromatic carbocycles. The van der Waals surface area contributed by atoms with Gasteiger partial charge in [-0.25, -0.2) is 0 Å². The highest BCUT2D eigenvalue weighted by Crippen LogP contribution is 2.22. The predicted molar refractivity (Wildman–Crippen MR) is 93.9 cm³/mol. The third-order valence-corrected chi connectivity index (χ3v) is 3.12. The van der Waals surface area contributed by atoms with Crippen molar-refractivity contribution >= 4 is 17.6 Å². The lowest BCUT2D eigenvalue weighted by atomic mass is 10.1. The molecule has 3 N–H and O–H groups in total. The Morgan fingerprint density at radius 2 is 1.36 bits per heavy atom. The summed E-state index contributed by atoms with van der Waals surface area (Å²) in [5.74, 6) is 2.52. The smallest absolute Gasteiger partial charge is 0.229 e. The second-order valence-electron chi connectivity index (χ2n) is 7.93. The molecule has 0 amide bonds. The summed E-state index contributed by atoms with van der Waals surface area (Å²) in [6, 6.07) is 1.99. The van der Waals surface area contributed by atoms with E-state index in [-0.39, 0.29) is 11.1 Å². The van der Waals surface area contributed by atoms with E-state index < -0.39 is 0 Å². The molecule has 1 fully saturated rings. The van der Waals surface area contributed by atoms with Crippen LogP contribution < -0.4 is 20.9 Å². The molecule has 0 bridgehead atoms. The number of piperazine rings is 1. The highest BCUT2D eigenvalue weighted by atomic mass is 15.3. The molecule has 2 rings (SSSR count). The summed E-state index contributed by atoms with van der Waals surface area (Å²) in [7, 11) is 0. The first kappa shape index (κ1) is 16.8. The molecule has 6 nitrogen and oxygen atoms in total. The van der Waals surface area contributed by atoms with Gasteiger partial charge in [-0.1, -0.05) is 0 Å². The van der Waals surface area contributed by atoms with Crippen LogP contribution in [0.25, 0.3) is 0 Å². The quantitative estimate of drug-likeness (QED) is 0.796. The van der Waals surface area contributed by atoms with Crippen LogP contribution in [-0.4, -0.2) is 47.2 Å². The Morgan fingerprint density at radius 1 is 0.909 bits per heavy atom. The van der Waals surface area contributed by atoms with Gasteiger partial charge < -0.3 is 20.9 Å². The Morgan fingerprint density at radius 3 is 1.77 bits per heavy atom. The molecule has 2 heterocycles. The summed E-state index contributed by atoms with van der Waals surface area (Å²) in [4.78, 5) is 11.7. The lowest BCUT2D eigenvalue weighted by Crippen LogP contribution is -2.44. The molecule has 0 spiro atoms. The zero-order valence-corrected chi connectivity index (χ0v) is 14.7. The summed E-state index contributed by atoms with van der Waals surface area (Å²) >= 11 is 0. The fourth-order valence-electron chi connectivity index (χ4n) is 2.34. The van der Waals surface area contributed by atoms with E-state index in [1.54, 1.807) is 0 Å². The zero-order valence-electron chi connectivity index (χ0n) is 14.7. The van der Waals surface area contributed by atoms with Crippen LogP contribution in [0.1, 0.15) is 41.5 Å². The van der Waals surface area contributed by atoms with Crippen LogP contribution in [-0.2, 0) is 0 Å². The number of anilines is 3.